The summed E-state index contributed by atoms with van der Waals surface area (Å²) in [4.78, 5) is 12.2. The molecular weight excluding hydrogens is 415 g/mol. The van der Waals surface area contributed by atoms with Gasteiger partial charge < -0.3 is 19.6 Å². The van der Waals surface area contributed by atoms with E-state index in [-0.39, 0.29) is 35.1 Å². The van der Waals surface area contributed by atoms with E-state index in [9.17, 15) is 18.3 Å². The van der Waals surface area contributed by atoms with Crippen LogP contribution in [0.4, 0.5) is 10.5 Å². The SMILES string of the molecule is CC(C)(O)c1coc(S(=O)(=O)[N-]C(=O)Nc2ccc3c(c2)Cc2ccccc2-3)c1.[Na+]. The minimum Gasteiger partial charge on any atom is -0.452 e. The number of hydrogen-bond acceptors (Lipinski definition) is 5. The number of rotatable bonds is 4. The zero-order valence-electron chi connectivity index (χ0n) is 16.8. The van der Waals surface area contributed by atoms with Crippen LogP contribution in [0.25, 0.3) is 15.8 Å². The Morgan fingerprint density at radius 3 is 2.50 bits per heavy atom. The third kappa shape index (κ3) is 4.48. The number of furan rings is 1. The second-order valence-corrected chi connectivity index (χ2v) is 8.95. The zero-order chi connectivity index (χ0) is 20.8. The van der Waals surface area contributed by atoms with Gasteiger partial charge in [-0.1, -0.05) is 42.5 Å². The van der Waals surface area contributed by atoms with Gasteiger partial charge in [-0.2, -0.15) is 0 Å². The molecule has 0 bridgehead atoms. The maximum absolute atomic E-state index is 12.3. The van der Waals surface area contributed by atoms with Crippen molar-refractivity contribution in [2.75, 3.05) is 5.32 Å². The Hall–Kier alpha value is -2.10. The molecule has 0 aliphatic heterocycles. The molecule has 0 saturated carbocycles. The summed E-state index contributed by atoms with van der Waals surface area (Å²) in [5.41, 5.74) is 3.96. The number of carbonyl (C=O) groups excluding carboxylic acids is 1. The first kappa shape index (κ1) is 22.6. The molecule has 2 amide bonds. The molecule has 0 unspecified atom stereocenters. The summed E-state index contributed by atoms with van der Waals surface area (Å²) in [6, 6.07) is 13.6. The smallest absolute Gasteiger partial charge is 0.452 e. The van der Waals surface area contributed by atoms with Gasteiger partial charge in [0, 0.05) is 11.6 Å². The molecule has 3 aromatic rings. The average molecular weight is 434 g/mol. The summed E-state index contributed by atoms with van der Waals surface area (Å²) in [6.45, 7) is 2.98. The van der Waals surface area contributed by atoms with Gasteiger partial charge in [0.05, 0.1) is 11.9 Å². The molecule has 0 saturated heterocycles. The van der Waals surface area contributed by atoms with Crippen molar-refractivity contribution >= 4 is 21.7 Å². The molecule has 0 radical (unpaired) electrons. The second kappa shape index (κ2) is 8.20. The molecule has 1 heterocycles. The van der Waals surface area contributed by atoms with Crippen LogP contribution in [0.2, 0.25) is 0 Å². The van der Waals surface area contributed by atoms with Crippen molar-refractivity contribution in [3.05, 3.63) is 76.2 Å². The minimum atomic E-state index is -4.34. The van der Waals surface area contributed by atoms with E-state index in [1.807, 2.05) is 30.3 Å². The van der Waals surface area contributed by atoms with Gasteiger partial charge in [0.1, 0.15) is 0 Å². The van der Waals surface area contributed by atoms with Crippen molar-refractivity contribution in [1.82, 2.24) is 0 Å². The number of sulfonamides is 1. The number of nitrogens with one attached hydrogen (secondary N) is 1. The summed E-state index contributed by atoms with van der Waals surface area (Å²) < 4.78 is 32.8. The largest absolute Gasteiger partial charge is 1.00 e. The number of benzene rings is 2. The first-order chi connectivity index (χ1) is 13.6. The van der Waals surface area contributed by atoms with Gasteiger partial charge >= 0.3 is 29.6 Å². The maximum Gasteiger partial charge on any atom is 1.00 e. The van der Waals surface area contributed by atoms with Crippen LogP contribution >= 0.6 is 0 Å². The number of urea groups is 1. The molecule has 4 rings (SSSR count). The van der Waals surface area contributed by atoms with Gasteiger partial charge in [-0.15, -0.1) is 0 Å². The van der Waals surface area contributed by atoms with Gasteiger partial charge in [-0.25, -0.2) is 8.42 Å². The van der Waals surface area contributed by atoms with Crippen LogP contribution < -0.4 is 34.9 Å². The third-order valence-electron chi connectivity index (χ3n) is 4.78. The van der Waals surface area contributed by atoms with Gasteiger partial charge in [0.25, 0.3) is 0 Å². The van der Waals surface area contributed by atoms with E-state index in [1.165, 1.54) is 19.4 Å². The monoisotopic (exact) mass is 434 g/mol. The fourth-order valence-electron chi connectivity index (χ4n) is 3.30. The number of amides is 2. The summed E-state index contributed by atoms with van der Waals surface area (Å²) in [5, 5.41) is 11.9. The quantitative estimate of drug-likeness (QED) is 0.472. The van der Waals surface area contributed by atoms with E-state index in [4.69, 9.17) is 4.42 Å². The van der Waals surface area contributed by atoms with Gasteiger partial charge in [-0.05, 0) is 48.2 Å². The number of fused-ring (bicyclic) bond motifs is 3. The molecule has 1 aromatic heterocycles. The molecule has 1 aliphatic rings. The Morgan fingerprint density at radius 2 is 1.80 bits per heavy atom. The van der Waals surface area contributed by atoms with Crippen LogP contribution in [-0.4, -0.2) is 19.6 Å². The molecule has 7 nitrogen and oxygen atoms in total. The van der Waals surface area contributed by atoms with E-state index >= 15 is 0 Å². The molecule has 2 N–H and O–H groups in total. The summed E-state index contributed by atoms with van der Waals surface area (Å²) in [7, 11) is -4.34. The Balaban J connectivity index is 0.00000256. The van der Waals surface area contributed by atoms with Crippen molar-refractivity contribution in [1.29, 1.82) is 0 Å². The maximum atomic E-state index is 12.3. The fraction of sp³-hybridized carbons (Fsp3) is 0.190. The van der Waals surface area contributed by atoms with Gasteiger partial charge in [-0.3, -0.25) is 4.79 Å². The molecule has 9 heteroatoms. The Morgan fingerprint density at radius 1 is 1.10 bits per heavy atom. The normalized spacial score (nSPS) is 12.5. The van der Waals surface area contributed by atoms with Crippen LogP contribution in [0, 0.1) is 0 Å². The molecule has 30 heavy (non-hydrogen) atoms. The van der Waals surface area contributed by atoms with E-state index in [2.05, 4.69) is 16.1 Å². The molecule has 0 spiro atoms. The molecule has 0 fully saturated rings. The molecule has 150 valence electrons. The number of hydrogen-bond donors (Lipinski definition) is 2. The molecule has 0 atom stereocenters. The number of carbonyl (C=O) groups is 1. The van der Waals surface area contributed by atoms with Crippen molar-refractivity contribution in [3.63, 3.8) is 0 Å². The Bertz CT molecular complexity index is 1210. The van der Waals surface area contributed by atoms with Crippen LogP contribution in [0.5, 0.6) is 0 Å². The standard InChI is InChI=1S/C21H20N2O5S.Na/c1-21(2,25)15-11-19(28-12-15)29(26,27)23-20(24)22-16-7-8-18-14(10-16)9-13-5-3-4-6-17(13)18;/h3-8,10-12,25H,9H2,1-2H3,(H2,22,23,24);/q;+1/p-1. The average Bonchev–Trinajstić information content (AvgIpc) is 3.26. The van der Waals surface area contributed by atoms with Crippen molar-refractivity contribution in [3.8, 4) is 11.1 Å². The third-order valence-corrected chi connectivity index (χ3v) is 5.91. The second-order valence-electron chi connectivity index (χ2n) is 7.42. The predicted octanol–water partition coefficient (Wildman–Crippen LogP) is 1.38. The predicted molar refractivity (Wildman–Crippen MR) is 108 cm³/mol. The first-order valence-corrected chi connectivity index (χ1v) is 10.4. The number of aliphatic hydroxyl groups is 1. The van der Waals surface area contributed by atoms with E-state index in [0.29, 0.717) is 5.69 Å². The minimum absolute atomic E-state index is 0. The van der Waals surface area contributed by atoms with Crippen molar-refractivity contribution < 1.29 is 52.3 Å². The Labute approximate surface area is 196 Å². The molecular formula is C21H19N2NaO5S. The van der Waals surface area contributed by atoms with Gasteiger partial charge in [0.2, 0.25) is 15.1 Å². The van der Waals surface area contributed by atoms with E-state index < -0.39 is 26.7 Å². The number of anilines is 1. The zero-order valence-corrected chi connectivity index (χ0v) is 19.7. The molecule has 2 aromatic carbocycles. The first-order valence-electron chi connectivity index (χ1n) is 8.95. The van der Waals surface area contributed by atoms with Crippen LogP contribution in [0.3, 0.4) is 0 Å². The van der Waals surface area contributed by atoms with E-state index in [0.717, 1.165) is 35.4 Å². The summed E-state index contributed by atoms with van der Waals surface area (Å²) in [5.74, 6) is 0. The van der Waals surface area contributed by atoms with Crippen molar-refractivity contribution in [2.24, 2.45) is 0 Å². The topological polar surface area (TPSA) is 111 Å². The Kier molecular flexibility index (Phi) is 6.18. The van der Waals surface area contributed by atoms with Crippen molar-refractivity contribution in [2.45, 2.75) is 31.0 Å². The van der Waals surface area contributed by atoms with Crippen LogP contribution in [0.1, 0.15) is 30.5 Å². The molecule has 1 aliphatic carbocycles. The fourth-order valence-corrected chi connectivity index (χ4v) is 4.10. The summed E-state index contributed by atoms with van der Waals surface area (Å²) in [6.07, 6.45) is 1.87. The van der Waals surface area contributed by atoms with Crippen LogP contribution in [0.15, 0.2) is 64.3 Å². The van der Waals surface area contributed by atoms with Gasteiger partial charge in [0.15, 0.2) is 6.03 Å². The van der Waals surface area contributed by atoms with E-state index in [1.54, 1.807) is 6.07 Å². The number of nitrogens with zero attached hydrogens (tertiary/aromatic N) is 1. The summed E-state index contributed by atoms with van der Waals surface area (Å²) >= 11 is 0. The van der Waals surface area contributed by atoms with Crippen LogP contribution in [-0.2, 0) is 22.0 Å².